The number of thiophene rings is 1. The van der Waals surface area contributed by atoms with Crippen LogP contribution in [0.5, 0.6) is 0 Å². The predicted molar refractivity (Wildman–Crippen MR) is 318 cm³/mol. The summed E-state index contributed by atoms with van der Waals surface area (Å²) in [5.41, 5.74) is 28.7. The largest absolute Gasteiger partial charge is 0.310 e. The van der Waals surface area contributed by atoms with E-state index in [4.69, 9.17) is 0 Å². The Balaban J connectivity index is 1.19. The Labute approximate surface area is 447 Å². The van der Waals surface area contributed by atoms with Crippen LogP contribution in [0.15, 0.2) is 109 Å². The molecular weight excluding hydrogens is 914 g/mol. The van der Waals surface area contributed by atoms with Gasteiger partial charge in [0.2, 0.25) is 6.71 Å². The van der Waals surface area contributed by atoms with Crippen molar-refractivity contribution in [3.05, 3.63) is 170 Å². The van der Waals surface area contributed by atoms with E-state index in [9.17, 15) is 0 Å². The lowest BCUT2D eigenvalue weighted by atomic mass is 9.33. The van der Waals surface area contributed by atoms with Gasteiger partial charge in [-0.05, 0) is 176 Å². The van der Waals surface area contributed by atoms with E-state index < -0.39 is 0 Å². The molecule has 5 heterocycles. The average Bonchev–Trinajstić information content (AvgIpc) is 3.73. The SMILES string of the molecule is Cc1cc(C(C)(C)C)cc2c1N1c3cc(N(c4ccccc4)c4ccccc4)cc4c3B(c3sc5c(c31)C2(C)CCC5(C)C)C(C)c1ccc2c3c1N4c1ccc4c(c1C3(C)CCC2(C)C)C(C)(C)CCC4(C)C. The Morgan fingerprint density at radius 2 is 1.08 bits per heavy atom. The molecule has 0 radical (unpaired) electrons. The van der Waals surface area contributed by atoms with Gasteiger partial charge in [-0.15, -0.1) is 0 Å². The highest BCUT2D eigenvalue weighted by molar-refractivity contribution is 7.27. The number of hydrogen-bond acceptors (Lipinski definition) is 4. The number of rotatable bonds is 3. The number of aryl methyl sites for hydroxylation is 1. The van der Waals surface area contributed by atoms with E-state index in [0.717, 1.165) is 30.6 Å². The van der Waals surface area contributed by atoms with E-state index in [0.29, 0.717) is 0 Å². The summed E-state index contributed by atoms with van der Waals surface area (Å²) in [6.07, 6.45) is 7.00. The van der Waals surface area contributed by atoms with Gasteiger partial charge in [-0.1, -0.05) is 164 Å². The smallest absolute Gasteiger partial charge is 0.237 e. The zero-order valence-corrected chi connectivity index (χ0v) is 47.9. The third-order valence-electron chi connectivity index (χ3n) is 20.7. The molecule has 6 aromatic carbocycles. The summed E-state index contributed by atoms with van der Waals surface area (Å²) in [6.45, 7) is 38.1. The van der Waals surface area contributed by atoms with Crippen molar-refractivity contribution in [3.8, 4) is 0 Å². The zero-order chi connectivity index (χ0) is 51.8. The van der Waals surface area contributed by atoms with E-state index in [2.05, 4.69) is 239 Å². The summed E-state index contributed by atoms with van der Waals surface area (Å²) >= 11 is 2.19. The van der Waals surface area contributed by atoms with Gasteiger partial charge in [-0.2, -0.15) is 11.3 Å². The second-order valence-electron chi connectivity index (χ2n) is 28.3. The van der Waals surface area contributed by atoms with Crippen LogP contribution < -0.4 is 24.9 Å². The van der Waals surface area contributed by atoms with Crippen LogP contribution in [0.3, 0.4) is 0 Å². The van der Waals surface area contributed by atoms with Crippen LogP contribution in [0.25, 0.3) is 0 Å². The van der Waals surface area contributed by atoms with Crippen LogP contribution in [-0.4, -0.2) is 6.71 Å². The Bertz CT molecular complexity index is 3550. The third-order valence-corrected chi connectivity index (χ3v) is 22.4. The second kappa shape index (κ2) is 14.7. The minimum absolute atomic E-state index is 0.0108. The molecule has 3 aliphatic carbocycles. The van der Waals surface area contributed by atoms with Gasteiger partial charge >= 0.3 is 0 Å². The highest BCUT2D eigenvalue weighted by Gasteiger charge is 2.59. The molecule has 1 aromatic heterocycles. The molecule has 0 saturated carbocycles. The van der Waals surface area contributed by atoms with Gasteiger partial charge in [0.15, 0.2) is 0 Å². The topological polar surface area (TPSA) is 9.72 Å². The molecule has 0 spiro atoms. The first-order valence-corrected chi connectivity index (χ1v) is 29.1. The highest BCUT2D eigenvalue weighted by Crippen LogP contribution is 2.68. The van der Waals surface area contributed by atoms with Crippen molar-refractivity contribution in [2.45, 2.75) is 186 Å². The van der Waals surface area contributed by atoms with E-state index in [1.807, 2.05) is 0 Å². The fourth-order valence-electron chi connectivity index (χ4n) is 16.3. The molecule has 0 bridgehead atoms. The lowest BCUT2D eigenvalue weighted by Crippen LogP contribution is -2.54. The zero-order valence-electron chi connectivity index (χ0n) is 47.0. The van der Waals surface area contributed by atoms with Crippen LogP contribution in [0.1, 0.15) is 202 Å². The lowest BCUT2D eigenvalue weighted by Gasteiger charge is -2.55. The summed E-state index contributed by atoms with van der Waals surface area (Å²) in [6, 6.07) is 43.3. The van der Waals surface area contributed by atoms with Crippen molar-refractivity contribution in [2.24, 2.45) is 0 Å². The molecule has 0 N–H and O–H groups in total. The van der Waals surface area contributed by atoms with Crippen LogP contribution in [0.4, 0.5) is 51.2 Å². The predicted octanol–water partition coefficient (Wildman–Crippen LogP) is 18.1. The molecule has 3 nitrogen and oxygen atoms in total. The van der Waals surface area contributed by atoms with Gasteiger partial charge in [0.25, 0.3) is 0 Å². The molecule has 4 aliphatic heterocycles. The summed E-state index contributed by atoms with van der Waals surface area (Å²) in [5.74, 6) is 0.213. The van der Waals surface area contributed by atoms with Crippen molar-refractivity contribution in [1.82, 2.24) is 0 Å². The first kappa shape index (κ1) is 47.0. The monoisotopic (exact) mass is 990 g/mol. The molecule has 3 atom stereocenters. The molecule has 3 unspecified atom stereocenters. The maximum atomic E-state index is 2.89. The van der Waals surface area contributed by atoms with E-state index in [-0.39, 0.29) is 50.4 Å². The minimum atomic E-state index is -0.159. The van der Waals surface area contributed by atoms with Crippen LogP contribution in [-0.2, 0) is 37.9 Å². The minimum Gasteiger partial charge on any atom is -0.310 e. The fraction of sp³-hybridized carbons (Fsp3) is 0.420. The van der Waals surface area contributed by atoms with Gasteiger partial charge in [-0.3, -0.25) is 0 Å². The quantitative estimate of drug-likeness (QED) is 0.163. The standard InChI is InChI=1S/C69H76BN3S/c1-40-36-42(63(3,4)5)37-49-58(40)73-52-39-45(71(43-22-18-16-19-23-43)44-24-20-17-21-25-44)38-51-57(52)70(62-60(73)56-61(74-62)67(12,13)33-34-68(49,56)14)41(2)46-26-27-48-54-59(46)72(51)50-29-28-47-53(66(10,11)31-30-64(47,6)7)55(50)69(54,15)35-32-65(48,8)9/h16-29,36-39,41H,30-35H2,1-15H3. The van der Waals surface area contributed by atoms with E-state index >= 15 is 0 Å². The summed E-state index contributed by atoms with van der Waals surface area (Å²) in [4.78, 5) is 9.90. The van der Waals surface area contributed by atoms with Crippen molar-refractivity contribution in [3.63, 3.8) is 0 Å². The first-order chi connectivity index (χ1) is 34.9. The Kier molecular flexibility index (Phi) is 9.33. The van der Waals surface area contributed by atoms with Crippen molar-refractivity contribution in [2.75, 3.05) is 14.7 Å². The van der Waals surface area contributed by atoms with Crippen molar-refractivity contribution in [1.29, 1.82) is 0 Å². The van der Waals surface area contributed by atoms with Gasteiger partial charge in [0.05, 0.1) is 28.4 Å². The van der Waals surface area contributed by atoms with Gasteiger partial charge in [0, 0.05) is 48.8 Å². The number of fused-ring (bicyclic) bond motifs is 11. The molecular formula is C69H76BN3S. The Hall–Kier alpha value is -5.52. The summed E-state index contributed by atoms with van der Waals surface area (Å²) in [5, 5.41) is 0. The molecule has 74 heavy (non-hydrogen) atoms. The third kappa shape index (κ3) is 5.92. The second-order valence-corrected chi connectivity index (χ2v) is 29.4. The van der Waals surface area contributed by atoms with Gasteiger partial charge < -0.3 is 14.7 Å². The lowest BCUT2D eigenvalue weighted by molar-refractivity contribution is 0.311. The average molecular weight is 990 g/mol. The first-order valence-electron chi connectivity index (χ1n) is 28.3. The maximum absolute atomic E-state index is 2.89. The number of nitrogens with zero attached hydrogens (tertiary/aromatic N) is 3. The van der Waals surface area contributed by atoms with Crippen LogP contribution in [0.2, 0.25) is 0 Å². The van der Waals surface area contributed by atoms with Gasteiger partial charge in [-0.25, -0.2) is 0 Å². The Morgan fingerprint density at radius 3 is 1.73 bits per heavy atom. The molecule has 376 valence electrons. The molecule has 14 rings (SSSR count). The van der Waals surface area contributed by atoms with Crippen molar-refractivity contribution >= 4 is 79.5 Å². The Morgan fingerprint density at radius 1 is 0.514 bits per heavy atom. The number of para-hydroxylation sites is 2. The maximum Gasteiger partial charge on any atom is 0.237 e. The van der Waals surface area contributed by atoms with E-state index in [1.54, 1.807) is 43.0 Å². The summed E-state index contributed by atoms with van der Waals surface area (Å²) < 4.78 is 1.57. The molecule has 7 aliphatic rings. The molecule has 0 saturated heterocycles. The molecule has 0 amide bonds. The molecule has 5 heteroatoms. The highest BCUT2D eigenvalue weighted by atomic mass is 32.1. The summed E-state index contributed by atoms with van der Waals surface area (Å²) in [7, 11) is 0. The van der Waals surface area contributed by atoms with E-state index in [1.165, 1.54) is 86.8 Å². The van der Waals surface area contributed by atoms with Crippen LogP contribution >= 0.6 is 11.3 Å². The van der Waals surface area contributed by atoms with Crippen molar-refractivity contribution < 1.29 is 0 Å². The normalized spacial score (nSPS) is 24.1. The number of anilines is 9. The fourth-order valence-corrected chi connectivity index (χ4v) is 18.1. The number of benzene rings is 6. The van der Waals surface area contributed by atoms with Gasteiger partial charge in [0.1, 0.15) is 0 Å². The molecule has 0 fully saturated rings. The molecule has 7 aromatic rings. The van der Waals surface area contributed by atoms with Crippen LogP contribution in [0, 0.1) is 6.92 Å². The number of hydrogen-bond donors (Lipinski definition) is 0.